The van der Waals surface area contributed by atoms with Gasteiger partial charge in [0.15, 0.2) is 0 Å². The molecule has 0 aliphatic carbocycles. The molecule has 0 saturated carbocycles. The van der Waals surface area contributed by atoms with Gasteiger partial charge in [-0.2, -0.15) is 0 Å². The lowest BCUT2D eigenvalue weighted by Gasteiger charge is -2.26. The van der Waals surface area contributed by atoms with Crippen molar-refractivity contribution in [2.24, 2.45) is 0 Å². The first-order chi connectivity index (χ1) is 10.8. The van der Waals surface area contributed by atoms with E-state index in [-0.39, 0.29) is 17.9 Å². The summed E-state index contributed by atoms with van der Waals surface area (Å²) in [6, 6.07) is 9.77. The molecule has 0 spiro atoms. The summed E-state index contributed by atoms with van der Waals surface area (Å²) in [5.41, 5.74) is 1.17. The Morgan fingerprint density at radius 3 is 2.68 bits per heavy atom. The Morgan fingerprint density at radius 1 is 1.14 bits per heavy atom. The van der Waals surface area contributed by atoms with Crippen molar-refractivity contribution in [2.75, 3.05) is 29.8 Å². The highest BCUT2D eigenvalue weighted by Crippen LogP contribution is 2.25. The van der Waals surface area contributed by atoms with Gasteiger partial charge >= 0.3 is 0 Å². The van der Waals surface area contributed by atoms with Crippen LogP contribution in [0, 0.1) is 0 Å². The molecule has 1 atom stereocenters. The van der Waals surface area contributed by atoms with E-state index in [9.17, 15) is 9.59 Å². The predicted octanol–water partition coefficient (Wildman–Crippen LogP) is 2.05. The average Bonchev–Trinajstić information content (AvgIpc) is 3.24. The van der Waals surface area contributed by atoms with Gasteiger partial charge in [0.05, 0.1) is 11.8 Å². The monoisotopic (exact) mass is 336 g/mol. The van der Waals surface area contributed by atoms with Gasteiger partial charge in [-0.1, -0.05) is 30.3 Å². The third kappa shape index (κ3) is 3.60. The minimum Gasteiger partial charge on any atom is -0.331 e. The number of nitrogens with zero attached hydrogens (tertiary/aromatic N) is 2. The zero-order valence-corrected chi connectivity index (χ0v) is 14.1. The molecule has 0 aromatic heterocycles. The van der Waals surface area contributed by atoms with Crippen molar-refractivity contribution in [3.8, 4) is 0 Å². The molecule has 2 aliphatic rings. The van der Waals surface area contributed by atoms with Crippen molar-refractivity contribution >= 4 is 35.3 Å². The second-order valence-corrected chi connectivity index (χ2v) is 7.58. The summed E-state index contributed by atoms with van der Waals surface area (Å²) in [7, 11) is 0. The van der Waals surface area contributed by atoms with E-state index in [1.54, 1.807) is 28.4 Å². The number of thioether (sulfide) groups is 2. The van der Waals surface area contributed by atoms with Crippen LogP contribution in [0.2, 0.25) is 0 Å². The van der Waals surface area contributed by atoms with E-state index >= 15 is 0 Å². The summed E-state index contributed by atoms with van der Waals surface area (Å²) < 4.78 is 0. The third-order valence-corrected chi connectivity index (χ3v) is 6.00. The molecular weight excluding hydrogens is 316 g/mol. The second-order valence-electron chi connectivity index (χ2n) is 5.50. The largest absolute Gasteiger partial charge is 0.331 e. The molecule has 1 aromatic rings. The molecule has 2 saturated heterocycles. The number of hydrogen-bond acceptors (Lipinski definition) is 4. The van der Waals surface area contributed by atoms with Crippen LogP contribution >= 0.6 is 23.5 Å². The Morgan fingerprint density at radius 2 is 1.95 bits per heavy atom. The van der Waals surface area contributed by atoms with E-state index in [4.69, 9.17) is 0 Å². The van der Waals surface area contributed by atoms with Crippen LogP contribution in [-0.4, -0.2) is 57.5 Å². The first-order valence-corrected chi connectivity index (χ1v) is 9.84. The van der Waals surface area contributed by atoms with Crippen LogP contribution in [0.4, 0.5) is 0 Å². The molecule has 2 fully saturated rings. The summed E-state index contributed by atoms with van der Waals surface area (Å²) in [5.74, 6) is 3.38. The highest BCUT2D eigenvalue weighted by molar-refractivity contribution is 7.99. The van der Waals surface area contributed by atoms with Crippen molar-refractivity contribution in [1.82, 2.24) is 9.80 Å². The van der Waals surface area contributed by atoms with E-state index in [1.807, 2.05) is 35.2 Å². The molecule has 2 heterocycles. The van der Waals surface area contributed by atoms with Gasteiger partial charge in [-0.15, -0.1) is 23.5 Å². The summed E-state index contributed by atoms with van der Waals surface area (Å²) in [6.45, 7) is 0.816. The number of rotatable bonds is 4. The van der Waals surface area contributed by atoms with Crippen LogP contribution in [0.3, 0.4) is 0 Å². The molecule has 118 valence electrons. The van der Waals surface area contributed by atoms with Crippen LogP contribution in [0.25, 0.3) is 0 Å². The van der Waals surface area contributed by atoms with Crippen LogP contribution in [0.15, 0.2) is 30.3 Å². The molecule has 2 amide bonds. The highest BCUT2D eigenvalue weighted by Gasteiger charge is 2.37. The maximum Gasteiger partial charge on any atom is 0.246 e. The molecule has 4 nitrogen and oxygen atoms in total. The second kappa shape index (κ2) is 7.42. The predicted molar refractivity (Wildman–Crippen MR) is 91.8 cm³/mol. The Kier molecular flexibility index (Phi) is 5.31. The van der Waals surface area contributed by atoms with E-state index in [2.05, 4.69) is 0 Å². The van der Waals surface area contributed by atoms with Gasteiger partial charge in [-0.05, 0) is 12.0 Å². The Labute approximate surface area is 139 Å². The topological polar surface area (TPSA) is 40.6 Å². The minimum absolute atomic E-state index is 0.0963. The number of amides is 2. The Bertz CT molecular complexity index is 532. The Balaban J connectivity index is 1.57. The lowest BCUT2D eigenvalue weighted by atomic mass is 10.1. The molecule has 22 heavy (non-hydrogen) atoms. The molecule has 0 radical (unpaired) electrons. The summed E-state index contributed by atoms with van der Waals surface area (Å²) in [5, 5.41) is 0. The van der Waals surface area contributed by atoms with Crippen LogP contribution in [-0.2, 0) is 16.0 Å². The van der Waals surface area contributed by atoms with Crippen molar-refractivity contribution in [2.45, 2.75) is 18.9 Å². The summed E-state index contributed by atoms with van der Waals surface area (Å²) >= 11 is 3.46. The maximum atomic E-state index is 12.5. The third-order valence-electron chi connectivity index (χ3n) is 4.02. The van der Waals surface area contributed by atoms with E-state index < -0.39 is 0 Å². The lowest BCUT2D eigenvalue weighted by Crippen LogP contribution is -2.48. The zero-order chi connectivity index (χ0) is 15.4. The number of carbonyl (C=O) groups excluding carboxylic acids is 2. The number of aryl methyl sites for hydroxylation is 1. The molecule has 0 N–H and O–H groups in total. The zero-order valence-electron chi connectivity index (χ0n) is 12.4. The van der Waals surface area contributed by atoms with Crippen molar-refractivity contribution in [1.29, 1.82) is 0 Å². The highest BCUT2D eigenvalue weighted by atomic mass is 32.2. The SMILES string of the molecule is O=C([C@@H]1CSCN1C(=O)CCc1ccccc1)N1CCSC1. The smallest absolute Gasteiger partial charge is 0.246 e. The summed E-state index contributed by atoms with van der Waals surface area (Å²) in [4.78, 5) is 28.7. The molecule has 2 aliphatic heterocycles. The normalized spacial score (nSPS) is 21.4. The molecule has 1 aromatic carbocycles. The number of benzene rings is 1. The van der Waals surface area contributed by atoms with Gasteiger partial charge in [0, 0.05) is 24.5 Å². The van der Waals surface area contributed by atoms with Crippen LogP contribution in [0.5, 0.6) is 0 Å². The van der Waals surface area contributed by atoms with Gasteiger partial charge in [-0.3, -0.25) is 9.59 Å². The van der Waals surface area contributed by atoms with Gasteiger partial charge in [0.25, 0.3) is 0 Å². The van der Waals surface area contributed by atoms with Crippen molar-refractivity contribution < 1.29 is 9.59 Å². The van der Waals surface area contributed by atoms with Crippen molar-refractivity contribution in [3.05, 3.63) is 35.9 Å². The first kappa shape index (κ1) is 15.7. The minimum atomic E-state index is -0.257. The molecule has 0 unspecified atom stereocenters. The van der Waals surface area contributed by atoms with Gasteiger partial charge in [0.2, 0.25) is 11.8 Å². The van der Waals surface area contributed by atoms with Gasteiger partial charge in [0.1, 0.15) is 6.04 Å². The standard InChI is InChI=1S/C16H20N2O2S2/c19-15(7-6-13-4-2-1-3-5-13)18-12-22-10-14(18)16(20)17-8-9-21-11-17/h1-5,14H,6-12H2/t14-/m0/s1. The lowest BCUT2D eigenvalue weighted by molar-refractivity contribution is -0.142. The van der Waals surface area contributed by atoms with E-state index in [1.165, 1.54) is 5.56 Å². The molecule has 6 heteroatoms. The fourth-order valence-electron chi connectivity index (χ4n) is 2.73. The first-order valence-electron chi connectivity index (χ1n) is 7.53. The Hall–Kier alpha value is -1.14. The summed E-state index contributed by atoms with van der Waals surface area (Å²) in [6.07, 6.45) is 1.21. The van der Waals surface area contributed by atoms with Crippen molar-refractivity contribution in [3.63, 3.8) is 0 Å². The van der Waals surface area contributed by atoms with Crippen LogP contribution < -0.4 is 0 Å². The fourth-order valence-corrected chi connectivity index (χ4v) is 4.86. The average molecular weight is 336 g/mol. The van der Waals surface area contributed by atoms with E-state index in [0.29, 0.717) is 12.3 Å². The molecule has 3 rings (SSSR count). The number of carbonyl (C=O) groups is 2. The molecule has 0 bridgehead atoms. The van der Waals surface area contributed by atoms with Gasteiger partial charge < -0.3 is 9.80 Å². The fraction of sp³-hybridized carbons (Fsp3) is 0.500. The van der Waals surface area contributed by atoms with E-state index in [0.717, 1.165) is 30.3 Å². The van der Waals surface area contributed by atoms with Gasteiger partial charge in [-0.25, -0.2) is 0 Å². The number of hydrogen-bond donors (Lipinski definition) is 0. The molecular formula is C16H20N2O2S2. The maximum absolute atomic E-state index is 12.5. The quantitative estimate of drug-likeness (QED) is 0.844. The van der Waals surface area contributed by atoms with Crippen LogP contribution in [0.1, 0.15) is 12.0 Å².